The van der Waals surface area contributed by atoms with Crippen molar-refractivity contribution in [2.45, 2.75) is 13.2 Å². The number of hydrogen-bond donors (Lipinski definition) is 1. The predicted molar refractivity (Wildman–Crippen MR) is 129 cm³/mol. The Hall–Kier alpha value is -2.62. The number of carbonyl (C=O) groups excluding carboxylic acids is 1. The molecule has 1 fully saturated rings. The van der Waals surface area contributed by atoms with Crippen molar-refractivity contribution in [3.8, 4) is 11.5 Å². The first-order chi connectivity index (χ1) is 15.1. The molecule has 9 heteroatoms. The van der Waals surface area contributed by atoms with E-state index in [1.165, 1.54) is 11.8 Å². The van der Waals surface area contributed by atoms with Crippen molar-refractivity contribution in [1.29, 1.82) is 0 Å². The molecule has 2 aromatic carbocycles. The molecule has 0 radical (unpaired) electrons. The largest absolute Gasteiger partial charge is 0.492 e. The molecule has 1 saturated heterocycles. The van der Waals surface area contributed by atoms with E-state index in [0.717, 1.165) is 15.6 Å². The molecule has 31 heavy (non-hydrogen) atoms. The lowest BCUT2D eigenvalue weighted by atomic mass is 10.1. The summed E-state index contributed by atoms with van der Waals surface area (Å²) in [6.45, 7) is 1.55. The van der Waals surface area contributed by atoms with Crippen LogP contribution >= 0.6 is 39.9 Å². The maximum Gasteiger partial charge on any atom is 0.263 e. The number of halogens is 1. The van der Waals surface area contributed by atoms with Gasteiger partial charge in [-0.1, -0.05) is 58.1 Å². The average molecular weight is 516 g/mol. The molecular formula is C22H18BrN3O3S2. The second kappa shape index (κ2) is 10.1. The monoisotopic (exact) mass is 515 g/mol. The van der Waals surface area contributed by atoms with Crippen LogP contribution in [0.15, 0.2) is 70.6 Å². The Labute approximate surface area is 197 Å². The summed E-state index contributed by atoms with van der Waals surface area (Å²) in [7, 11) is 0. The lowest BCUT2D eigenvalue weighted by molar-refractivity contribution is -0.115. The minimum absolute atomic E-state index is 0.201. The van der Waals surface area contributed by atoms with Crippen LogP contribution in [0.2, 0.25) is 0 Å². The number of thiocarbonyl (C=S) groups is 1. The maximum absolute atomic E-state index is 12.1. The third-order valence-electron chi connectivity index (χ3n) is 4.43. The number of nitrogens with one attached hydrogen (secondary N) is 1. The van der Waals surface area contributed by atoms with E-state index in [1.807, 2.05) is 53.2 Å². The van der Waals surface area contributed by atoms with Crippen molar-refractivity contribution in [3.63, 3.8) is 0 Å². The quantitative estimate of drug-likeness (QED) is 0.343. The van der Waals surface area contributed by atoms with E-state index >= 15 is 0 Å². The van der Waals surface area contributed by atoms with E-state index in [9.17, 15) is 4.79 Å². The number of rotatable bonds is 8. The van der Waals surface area contributed by atoms with Crippen LogP contribution in [0.25, 0.3) is 6.08 Å². The van der Waals surface area contributed by atoms with Crippen LogP contribution in [0.1, 0.15) is 11.1 Å². The first-order valence-electron chi connectivity index (χ1n) is 9.42. The van der Waals surface area contributed by atoms with Gasteiger partial charge in [-0.15, -0.1) is 0 Å². The van der Waals surface area contributed by atoms with Gasteiger partial charge in [0, 0.05) is 34.1 Å². The second-order valence-corrected chi connectivity index (χ2v) is 9.15. The van der Waals surface area contributed by atoms with Crippen LogP contribution in [0.5, 0.6) is 11.5 Å². The highest BCUT2D eigenvalue weighted by Gasteiger charge is 2.22. The zero-order valence-corrected chi connectivity index (χ0v) is 19.5. The van der Waals surface area contributed by atoms with Gasteiger partial charge in [-0.25, -0.2) is 4.98 Å². The maximum atomic E-state index is 12.1. The van der Waals surface area contributed by atoms with Crippen LogP contribution in [-0.2, 0) is 17.9 Å². The Morgan fingerprint density at radius 3 is 2.84 bits per heavy atom. The molecule has 1 N–H and O–H groups in total. The third kappa shape index (κ3) is 5.75. The lowest BCUT2D eigenvalue weighted by Gasteiger charge is -2.13. The first-order valence-corrected chi connectivity index (χ1v) is 11.4. The molecule has 0 unspecified atom stereocenters. The van der Waals surface area contributed by atoms with Gasteiger partial charge < -0.3 is 19.4 Å². The van der Waals surface area contributed by atoms with Gasteiger partial charge in [0.25, 0.3) is 5.91 Å². The molecule has 1 aromatic heterocycles. The third-order valence-corrected chi connectivity index (χ3v) is 6.37. The van der Waals surface area contributed by atoms with E-state index in [-0.39, 0.29) is 5.91 Å². The number of hydrogen-bond acceptors (Lipinski definition) is 6. The first kappa shape index (κ1) is 21.6. The Bertz CT molecular complexity index is 1130. The summed E-state index contributed by atoms with van der Waals surface area (Å²) in [6, 6.07) is 13.5. The fraction of sp³-hybridized carbons (Fsp3) is 0.136. The van der Waals surface area contributed by atoms with Gasteiger partial charge in [0.15, 0.2) is 0 Å². The molecule has 0 spiro atoms. The van der Waals surface area contributed by atoms with E-state index in [4.69, 9.17) is 21.7 Å². The van der Waals surface area contributed by atoms with Crippen LogP contribution in [0.3, 0.4) is 0 Å². The second-order valence-electron chi connectivity index (χ2n) is 6.58. The van der Waals surface area contributed by atoms with E-state index in [0.29, 0.717) is 40.5 Å². The molecule has 0 aliphatic carbocycles. The number of imidazole rings is 1. The summed E-state index contributed by atoms with van der Waals surface area (Å²) < 4.78 is 15.4. The van der Waals surface area contributed by atoms with Crippen LogP contribution < -0.4 is 14.8 Å². The van der Waals surface area contributed by atoms with Crippen LogP contribution in [-0.4, -0.2) is 26.4 Å². The standard InChI is InChI=1S/C22H18BrN3O3S2/c23-18-4-2-1-3-16(18)13-29-19-12-17(28-10-9-26-8-7-24-14-26)6-5-15(19)11-20-21(27)25-22(30)31-20/h1-8,11-12,14H,9-10,13H2,(H,25,27,30)/b20-11-. The molecule has 6 nitrogen and oxygen atoms in total. The molecule has 4 rings (SSSR count). The van der Waals surface area contributed by atoms with Crippen molar-refractivity contribution in [2.75, 3.05) is 6.61 Å². The number of thioether (sulfide) groups is 1. The van der Waals surface area contributed by atoms with Crippen LogP contribution in [0.4, 0.5) is 0 Å². The van der Waals surface area contributed by atoms with Crippen molar-refractivity contribution in [1.82, 2.24) is 14.9 Å². The minimum Gasteiger partial charge on any atom is -0.492 e. The Morgan fingerprint density at radius 1 is 1.23 bits per heavy atom. The molecule has 1 amide bonds. The minimum atomic E-state index is -0.201. The molecular weight excluding hydrogens is 498 g/mol. The molecule has 1 aliphatic rings. The van der Waals surface area contributed by atoms with Crippen molar-refractivity contribution < 1.29 is 14.3 Å². The topological polar surface area (TPSA) is 65.4 Å². The highest BCUT2D eigenvalue weighted by Crippen LogP contribution is 2.32. The number of ether oxygens (including phenoxy) is 2. The molecule has 0 atom stereocenters. The van der Waals surface area contributed by atoms with Gasteiger partial charge in [0.2, 0.25) is 0 Å². The summed E-state index contributed by atoms with van der Waals surface area (Å²) in [6.07, 6.45) is 7.15. The van der Waals surface area contributed by atoms with Crippen LogP contribution in [0, 0.1) is 0 Å². The molecule has 2 heterocycles. The summed E-state index contributed by atoms with van der Waals surface area (Å²) >= 11 is 9.87. The summed E-state index contributed by atoms with van der Waals surface area (Å²) in [5, 5.41) is 2.63. The zero-order valence-electron chi connectivity index (χ0n) is 16.3. The predicted octanol–water partition coefficient (Wildman–Crippen LogP) is 4.79. The Morgan fingerprint density at radius 2 is 2.10 bits per heavy atom. The fourth-order valence-corrected chi connectivity index (χ4v) is 4.30. The summed E-state index contributed by atoms with van der Waals surface area (Å²) in [5.74, 6) is 1.10. The highest BCUT2D eigenvalue weighted by atomic mass is 79.9. The number of amides is 1. The SMILES string of the molecule is O=C1NC(=S)S/C1=C\c1ccc(OCCn2ccnc2)cc1OCc1ccccc1Br. The normalized spacial score (nSPS) is 14.7. The van der Waals surface area contributed by atoms with Crippen molar-refractivity contribution in [2.24, 2.45) is 0 Å². The van der Waals surface area contributed by atoms with E-state index < -0.39 is 0 Å². The fourth-order valence-electron chi connectivity index (χ4n) is 2.87. The summed E-state index contributed by atoms with van der Waals surface area (Å²) in [4.78, 5) is 16.6. The van der Waals surface area contributed by atoms with E-state index in [2.05, 4.69) is 26.2 Å². The molecule has 0 bridgehead atoms. The van der Waals surface area contributed by atoms with Gasteiger partial charge in [-0.05, 0) is 24.3 Å². The molecule has 1 aliphatic heterocycles. The average Bonchev–Trinajstić information content (AvgIpc) is 3.38. The van der Waals surface area contributed by atoms with Gasteiger partial charge in [0.05, 0.1) is 17.8 Å². The number of nitrogens with zero attached hydrogens (tertiary/aromatic N) is 2. The van der Waals surface area contributed by atoms with Crippen molar-refractivity contribution >= 4 is 56.2 Å². The molecule has 3 aromatic rings. The molecule has 158 valence electrons. The Balaban J connectivity index is 1.54. The lowest BCUT2D eigenvalue weighted by Crippen LogP contribution is -2.17. The van der Waals surface area contributed by atoms with Gasteiger partial charge in [-0.2, -0.15) is 0 Å². The number of aromatic nitrogens is 2. The van der Waals surface area contributed by atoms with Gasteiger partial charge >= 0.3 is 0 Å². The Kier molecular flexibility index (Phi) is 7.06. The zero-order chi connectivity index (χ0) is 21.6. The van der Waals surface area contributed by atoms with Crippen molar-refractivity contribution in [3.05, 3.63) is 81.7 Å². The number of carbonyl (C=O) groups is 1. The molecule has 0 saturated carbocycles. The summed E-state index contributed by atoms with van der Waals surface area (Å²) in [5.41, 5.74) is 1.79. The smallest absolute Gasteiger partial charge is 0.263 e. The number of benzene rings is 2. The van der Waals surface area contributed by atoms with Gasteiger partial charge in [-0.3, -0.25) is 4.79 Å². The highest BCUT2D eigenvalue weighted by molar-refractivity contribution is 9.10. The van der Waals surface area contributed by atoms with Gasteiger partial charge in [0.1, 0.15) is 29.0 Å². The van der Waals surface area contributed by atoms with E-state index in [1.54, 1.807) is 18.6 Å².